The van der Waals surface area contributed by atoms with E-state index >= 15 is 0 Å². The third kappa shape index (κ3) is 18.3. The Kier molecular flexibility index (Phi) is 18.7. The van der Waals surface area contributed by atoms with Gasteiger partial charge in [0, 0.05) is 0 Å². The Morgan fingerprint density at radius 1 is 0.432 bits per heavy atom. The van der Waals surface area contributed by atoms with Crippen molar-refractivity contribution < 1.29 is 33.5 Å². The van der Waals surface area contributed by atoms with E-state index < -0.39 is 10.8 Å². The highest BCUT2D eigenvalue weighted by atomic mass is 16.5. The third-order valence-electron chi connectivity index (χ3n) is 4.94. The van der Waals surface area contributed by atoms with E-state index in [2.05, 4.69) is 32.9 Å². The van der Waals surface area contributed by atoms with Gasteiger partial charge in [0.05, 0.1) is 96.7 Å². The van der Waals surface area contributed by atoms with Crippen molar-refractivity contribution >= 4 is 0 Å². The first-order valence-corrected chi connectivity index (χ1v) is 12.6. The van der Waals surface area contributed by atoms with Crippen LogP contribution in [0.4, 0.5) is 0 Å². The molecule has 0 bridgehead atoms. The molecule has 0 aliphatic carbocycles. The van der Waals surface area contributed by atoms with Gasteiger partial charge in [-0.1, -0.05) is 60.8 Å². The van der Waals surface area contributed by atoms with Crippen molar-refractivity contribution in [2.45, 2.75) is 34.6 Å². The van der Waals surface area contributed by atoms with Crippen LogP contribution in [0.15, 0.2) is 60.8 Å². The van der Waals surface area contributed by atoms with Crippen LogP contribution in [0.25, 0.3) is 0 Å². The average molecular weight is 525 g/mol. The number of aliphatic hydroxyl groups is 1. The fraction of sp³-hybridized carbons (Fsp3) is 0.667. The summed E-state index contributed by atoms with van der Waals surface area (Å²) in [4.78, 5) is 0. The van der Waals surface area contributed by atoms with Crippen LogP contribution in [0.3, 0.4) is 0 Å². The Morgan fingerprint density at radius 2 is 0.649 bits per heavy atom. The molecular weight excluding hydrogens is 472 g/mol. The number of hydrogen-bond donors (Lipinski definition) is 1. The van der Waals surface area contributed by atoms with Gasteiger partial charge in [-0.15, -0.1) is 0 Å². The summed E-state index contributed by atoms with van der Waals surface area (Å²) in [5.74, 6) is 0. The zero-order valence-corrected chi connectivity index (χ0v) is 24.1. The Labute approximate surface area is 225 Å². The van der Waals surface area contributed by atoms with Crippen molar-refractivity contribution in [2.75, 3.05) is 85.9 Å². The van der Waals surface area contributed by atoms with Crippen LogP contribution in [0.1, 0.15) is 34.6 Å². The molecule has 0 atom stereocenters. The molecule has 0 saturated carbocycles. The lowest BCUT2D eigenvalue weighted by Crippen LogP contribution is -2.45. The number of aliphatic hydroxyl groups excluding tert-OH is 1. The minimum atomic E-state index is -0.758. The van der Waals surface area contributed by atoms with Gasteiger partial charge in [-0.2, -0.15) is 0 Å². The quantitative estimate of drug-likeness (QED) is 0.170. The maximum Gasteiger partial charge on any atom is 0.0671 e. The second-order valence-corrected chi connectivity index (χ2v) is 10.9. The fourth-order valence-electron chi connectivity index (χ4n) is 3.20. The van der Waals surface area contributed by atoms with Crippen molar-refractivity contribution in [3.63, 3.8) is 0 Å². The van der Waals surface area contributed by atoms with Gasteiger partial charge in [-0.3, -0.25) is 0 Å². The third-order valence-corrected chi connectivity index (χ3v) is 4.94. The average Bonchev–Trinajstić information content (AvgIpc) is 2.77. The molecule has 0 fully saturated rings. The lowest BCUT2D eigenvalue weighted by Gasteiger charge is -2.36. The molecular formula is C30H52O7. The van der Waals surface area contributed by atoms with Crippen LogP contribution in [0.5, 0.6) is 0 Å². The van der Waals surface area contributed by atoms with Crippen molar-refractivity contribution in [3.8, 4) is 0 Å². The Hall–Kier alpha value is -1.58. The second kappa shape index (κ2) is 19.5. The van der Waals surface area contributed by atoms with E-state index in [1.807, 2.05) is 34.6 Å². The maximum atomic E-state index is 10.4. The topological polar surface area (TPSA) is 75.6 Å². The van der Waals surface area contributed by atoms with Gasteiger partial charge in [0.15, 0.2) is 0 Å². The van der Waals surface area contributed by atoms with Crippen LogP contribution < -0.4 is 0 Å². The first-order chi connectivity index (χ1) is 17.4. The van der Waals surface area contributed by atoms with E-state index in [1.54, 1.807) is 0 Å². The molecule has 0 amide bonds. The highest BCUT2D eigenvalue weighted by Crippen LogP contribution is 2.25. The molecule has 0 heterocycles. The summed E-state index contributed by atoms with van der Waals surface area (Å²) in [5, 5.41) is 10.4. The summed E-state index contributed by atoms with van der Waals surface area (Å²) in [6, 6.07) is 0. The zero-order chi connectivity index (χ0) is 28.3. The van der Waals surface area contributed by atoms with Crippen LogP contribution in [-0.4, -0.2) is 91.0 Å². The van der Waals surface area contributed by atoms with Gasteiger partial charge < -0.3 is 33.5 Å². The van der Waals surface area contributed by atoms with Crippen LogP contribution in [0.2, 0.25) is 0 Å². The molecule has 0 aliphatic heterocycles. The van der Waals surface area contributed by atoms with E-state index in [4.69, 9.17) is 28.4 Å². The smallest absolute Gasteiger partial charge is 0.0671 e. The zero-order valence-electron chi connectivity index (χ0n) is 24.1. The van der Waals surface area contributed by atoms with Crippen molar-refractivity contribution in [2.24, 2.45) is 10.8 Å². The highest BCUT2D eigenvalue weighted by molar-refractivity contribution is 4.93. The summed E-state index contributed by atoms with van der Waals surface area (Å²) in [7, 11) is 0. The van der Waals surface area contributed by atoms with Crippen molar-refractivity contribution in [1.82, 2.24) is 0 Å². The van der Waals surface area contributed by atoms with Crippen LogP contribution >= 0.6 is 0 Å². The molecule has 37 heavy (non-hydrogen) atoms. The fourth-order valence-corrected chi connectivity index (χ4v) is 3.20. The minimum Gasteiger partial charge on any atom is -0.396 e. The molecule has 214 valence electrons. The lowest BCUT2D eigenvalue weighted by molar-refractivity contribution is -0.132. The molecule has 0 aromatic heterocycles. The minimum absolute atomic E-state index is 0.170. The molecule has 7 nitrogen and oxygen atoms in total. The van der Waals surface area contributed by atoms with E-state index in [0.717, 1.165) is 27.9 Å². The molecule has 7 heteroatoms. The van der Waals surface area contributed by atoms with Crippen molar-refractivity contribution in [3.05, 3.63) is 60.8 Å². The molecule has 0 rings (SSSR count). The predicted octanol–water partition coefficient (Wildman–Crippen LogP) is 4.93. The molecule has 0 radical (unpaired) electrons. The van der Waals surface area contributed by atoms with E-state index in [0.29, 0.717) is 52.9 Å². The van der Waals surface area contributed by atoms with Gasteiger partial charge in [0.2, 0.25) is 0 Å². The molecule has 0 unspecified atom stereocenters. The summed E-state index contributed by atoms with van der Waals surface area (Å²) in [6.07, 6.45) is 0. The SMILES string of the molecule is C=C(C)COCC(CO)(COCC(=C)C)COCC(COCC(=C)C)(COCC(=C)C)COCC(=C)C. The van der Waals surface area contributed by atoms with Gasteiger partial charge >= 0.3 is 0 Å². The molecule has 1 N–H and O–H groups in total. The van der Waals surface area contributed by atoms with Gasteiger partial charge in [0.1, 0.15) is 0 Å². The predicted molar refractivity (Wildman–Crippen MR) is 151 cm³/mol. The second-order valence-electron chi connectivity index (χ2n) is 10.9. The molecule has 0 aromatic rings. The number of ether oxygens (including phenoxy) is 6. The maximum absolute atomic E-state index is 10.4. The summed E-state index contributed by atoms with van der Waals surface area (Å²) < 4.78 is 35.8. The van der Waals surface area contributed by atoms with Crippen molar-refractivity contribution in [1.29, 1.82) is 0 Å². The molecule has 0 spiro atoms. The Morgan fingerprint density at radius 3 is 0.892 bits per heavy atom. The van der Waals surface area contributed by atoms with Gasteiger partial charge in [-0.05, 0) is 34.6 Å². The van der Waals surface area contributed by atoms with Gasteiger partial charge in [0.25, 0.3) is 0 Å². The monoisotopic (exact) mass is 524 g/mol. The Balaban J connectivity index is 5.64. The lowest BCUT2D eigenvalue weighted by atomic mass is 9.90. The van der Waals surface area contributed by atoms with E-state index in [9.17, 15) is 5.11 Å². The Bertz CT molecular complexity index is 655. The number of hydrogen-bond acceptors (Lipinski definition) is 7. The van der Waals surface area contributed by atoms with E-state index in [-0.39, 0.29) is 33.0 Å². The standard InChI is InChI=1S/C30H52O7/c1-24(2)11-32-17-29(16-31,18-33-12-25(3)4)19-37-23-30(20-34-13-26(5)6,21-35-14-27(7)8)22-36-15-28(9)10/h31H,1,3,5,7,9,11-23H2,2,4,6,8,10H3. The van der Waals surface area contributed by atoms with E-state index in [1.165, 1.54) is 0 Å². The molecule has 0 aliphatic rings. The molecule has 0 aromatic carbocycles. The normalized spacial score (nSPS) is 11.9. The summed E-state index contributed by atoms with van der Waals surface area (Å²) in [5.41, 5.74) is 3.20. The largest absolute Gasteiger partial charge is 0.396 e. The first kappa shape index (κ1) is 35.4. The first-order valence-electron chi connectivity index (χ1n) is 12.6. The highest BCUT2D eigenvalue weighted by Gasteiger charge is 2.36. The summed E-state index contributed by atoms with van der Waals surface area (Å²) in [6.45, 7) is 33.0. The van der Waals surface area contributed by atoms with Crippen LogP contribution in [-0.2, 0) is 28.4 Å². The molecule has 0 saturated heterocycles. The summed E-state index contributed by atoms with van der Waals surface area (Å²) >= 11 is 0. The van der Waals surface area contributed by atoms with Crippen LogP contribution in [0, 0.1) is 10.8 Å². The number of rotatable bonds is 25. The van der Waals surface area contributed by atoms with Gasteiger partial charge in [-0.25, -0.2) is 0 Å².